The molecule has 0 aliphatic heterocycles. The van der Waals surface area contributed by atoms with Crippen LogP contribution in [0.4, 0.5) is 0 Å². The smallest absolute Gasteiger partial charge is 0.226 e. The fraction of sp³-hybridized carbons (Fsp3) is 0.231. The van der Waals surface area contributed by atoms with E-state index >= 15 is 0 Å². The van der Waals surface area contributed by atoms with Crippen molar-refractivity contribution in [2.24, 2.45) is 5.92 Å². The number of rotatable bonds is 1. The maximum Gasteiger partial charge on any atom is 0.226 e. The average molecular weight is 213 g/mol. The minimum absolute atomic E-state index is 0.0751. The molecule has 2 aromatic rings. The van der Waals surface area contributed by atoms with Gasteiger partial charge in [0.2, 0.25) is 5.89 Å². The van der Waals surface area contributed by atoms with E-state index in [-0.39, 0.29) is 11.7 Å². The molecule has 1 heterocycles. The number of Topliss-reactive ketones (excluding diaryl/α,β-unsaturated/α-hetero) is 1. The number of fused-ring (bicyclic) bond motifs is 1. The van der Waals surface area contributed by atoms with Crippen LogP contribution in [0.15, 0.2) is 35.1 Å². The molecule has 1 aliphatic carbocycles. The van der Waals surface area contributed by atoms with Gasteiger partial charge in [0, 0.05) is 17.0 Å². The number of hydrogen-bond donors (Lipinski definition) is 0. The summed E-state index contributed by atoms with van der Waals surface area (Å²) in [5, 5.41) is 0. The van der Waals surface area contributed by atoms with Crippen molar-refractivity contribution in [3.8, 4) is 11.5 Å². The van der Waals surface area contributed by atoms with Gasteiger partial charge in [0.15, 0.2) is 5.78 Å². The van der Waals surface area contributed by atoms with Crippen molar-refractivity contribution >= 4 is 5.78 Å². The second-order valence-electron chi connectivity index (χ2n) is 4.15. The Kier molecular flexibility index (Phi) is 1.93. The van der Waals surface area contributed by atoms with Crippen molar-refractivity contribution in [2.45, 2.75) is 13.3 Å². The number of oxazole rings is 1. The molecule has 3 nitrogen and oxygen atoms in total. The lowest BCUT2D eigenvalue weighted by Gasteiger charge is -2.03. The molecule has 1 unspecified atom stereocenters. The molecule has 16 heavy (non-hydrogen) atoms. The molecule has 0 fully saturated rings. The van der Waals surface area contributed by atoms with E-state index in [2.05, 4.69) is 4.98 Å². The third-order valence-electron chi connectivity index (χ3n) is 3.03. The standard InChI is InChI=1S/C13H11NO2/c1-8-7-9-3-2-4-10(11(9)12(8)15)13-14-5-6-16-13/h2-6,8H,7H2,1H3. The Morgan fingerprint density at radius 1 is 1.44 bits per heavy atom. The zero-order valence-electron chi connectivity index (χ0n) is 8.93. The largest absolute Gasteiger partial charge is 0.445 e. The van der Waals surface area contributed by atoms with Crippen LogP contribution in [0.2, 0.25) is 0 Å². The molecule has 80 valence electrons. The Morgan fingerprint density at radius 2 is 2.31 bits per heavy atom. The zero-order chi connectivity index (χ0) is 11.1. The first-order valence-corrected chi connectivity index (χ1v) is 5.33. The highest BCUT2D eigenvalue weighted by atomic mass is 16.3. The van der Waals surface area contributed by atoms with Crippen LogP contribution in [-0.2, 0) is 6.42 Å². The Hall–Kier alpha value is -1.90. The van der Waals surface area contributed by atoms with Gasteiger partial charge in [0.1, 0.15) is 6.26 Å². The summed E-state index contributed by atoms with van der Waals surface area (Å²) in [5.41, 5.74) is 2.71. The van der Waals surface area contributed by atoms with Crippen molar-refractivity contribution in [1.82, 2.24) is 4.98 Å². The number of hydrogen-bond acceptors (Lipinski definition) is 3. The molecule has 1 aromatic heterocycles. The second-order valence-corrected chi connectivity index (χ2v) is 4.15. The summed E-state index contributed by atoms with van der Waals surface area (Å²) < 4.78 is 5.27. The monoisotopic (exact) mass is 213 g/mol. The summed E-state index contributed by atoms with van der Waals surface area (Å²) in [5.74, 6) is 0.800. The van der Waals surface area contributed by atoms with Crippen LogP contribution in [0.1, 0.15) is 22.8 Å². The maximum atomic E-state index is 12.0. The number of nitrogens with zero attached hydrogens (tertiary/aromatic N) is 1. The molecule has 0 bridgehead atoms. The van der Waals surface area contributed by atoms with E-state index in [0.717, 1.165) is 23.1 Å². The van der Waals surface area contributed by atoms with Crippen LogP contribution in [0.5, 0.6) is 0 Å². The molecule has 0 N–H and O–H groups in total. The molecular weight excluding hydrogens is 202 g/mol. The van der Waals surface area contributed by atoms with Gasteiger partial charge in [-0.2, -0.15) is 0 Å². The lowest BCUT2D eigenvalue weighted by atomic mass is 10.0. The SMILES string of the molecule is CC1Cc2cccc(-c3ncco3)c2C1=O. The summed E-state index contributed by atoms with van der Waals surface area (Å²) in [4.78, 5) is 16.1. The summed E-state index contributed by atoms with van der Waals surface area (Å²) in [6.07, 6.45) is 3.94. The molecular formula is C13H11NO2. The topological polar surface area (TPSA) is 43.1 Å². The predicted octanol–water partition coefficient (Wildman–Crippen LogP) is 2.72. The van der Waals surface area contributed by atoms with Crippen molar-refractivity contribution in [2.75, 3.05) is 0 Å². The molecule has 0 radical (unpaired) electrons. The predicted molar refractivity (Wildman–Crippen MR) is 59.1 cm³/mol. The molecule has 0 saturated heterocycles. The van der Waals surface area contributed by atoms with Crippen molar-refractivity contribution in [1.29, 1.82) is 0 Å². The first-order valence-electron chi connectivity index (χ1n) is 5.33. The van der Waals surface area contributed by atoms with Crippen molar-refractivity contribution < 1.29 is 9.21 Å². The average Bonchev–Trinajstić information content (AvgIpc) is 2.88. The van der Waals surface area contributed by atoms with Crippen LogP contribution in [0, 0.1) is 5.92 Å². The zero-order valence-corrected chi connectivity index (χ0v) is 8.93. The molecule has 0 spiro atoms. The van der Waals surface area contributed by atoms with Gasteiger partial charge in [-0.25, -0.2) is 4.98 Å². The Balaban J connectivity index is 2.23. The number of aromatic nitrogens is 1. The molecule has 1 aromatic carbocycles. The van der Waals surface area contributed by atoms with Gasteiger partial charge in [0.25, 0.3) is 0 Å². The van der Waals surface area contributed by atoms with E-state index in [0.29, 0.717) is 5.89 Å². The van der Waals surface area contributed by atoms with Crippen molar-refractivity contribution in [3.63, 3.8) is 0 Å². The molecule has 0 saturated carbocycles. The minimum atomic E-state index is 0.0751. The van der Waals surface area contributed by atoms with Gasteiger partial charge in [-0.1, -0.05) is 19.1 Å². The van der Waals surface area contributed by atoms with Gasteiger partial charge in [-0.15, -0.1) is 0 Å². The first-order chi connectivity index (χ1) is 7.77. The van der Waals surface area contributed by atoms with E-state index < -0.39 is 0 Å². The van der Waals surface area contributed by atoms with Crippen LogP contribution >= 0.6 is 0 Å². The van der Waals surface area contributed by atoms with E-state index in [1.165, 1.54) is 6.26 Å². The quantitative estimate of drug-likeness (QED) is 0.731. The fourth-order valence-electron chi connectivity index (χ4n) is 2.26. The third-order valence-corrected chi connectivity index (χ3v) is 3.03. The highest BCUT2D eigenvalue weighted by Crippen LogP contribution is 2.33. The maximum absolute atomic E-state index is 12.0. The van der Waals surface area contributed by atoms with E-state index in [1.807, 2.05) is 25.1 Å². The Bertz CT molecular complexity index is 543. The molecule has 3 heteroatoms. The third kappa shape index (κ3) is 1.21. The number of benzene rings is 1. The fourth-order valence-corrected chi connectivity index (χ4v) is 2.26. The highest BCUT2D eigenvalue weighted by Gasteiger charge is 2.30. The number of carbonyl (C=O) groups is 1. The minimum Gasteiger partial charge on any atom is -0.445 e. The molecule has 3 rings (SSSR count). The van der Waals surface area contributed by atoms with Gasteiger partial charge in [-0.05, 0) is 18.1 Å². The molecule has 0 amide bonds. The summed E-state index contributed by atoms with van der Waals surface area (Å²) in [7, 11) is 0. The summed E-state index contributed by atoms with van der Waals surface area (Å²) in [6.45, 7) is 1.96. The molecule has 1 atom stereocenters. The van der Waals surface area contributed by atoms with Gasteiger partial charge in [-0.3, -0.25) is 4.79 Å². The molecule has 1 aliphatic rings. The van der Waals surface area contributed by atoms with Crippen molar-refractivity contribution in [3.05, 3.63) is 41.8 Å². The normalized spacial score (nSPS) is 18.8. The van der Waals surface area contributed by atoms with Crippen LogP contribution in [0.25, 0.3) is 11.5 Å². The Morgan fingerprint density at radius 3 is 3.06 bits per heavy atom. The van der Waals surface area contributed by atoms with Crippen LogP contribution in [-0.4, -0.2) is 10.8 Å². The van der Waals surface area contributed by atoms with Crippen LogP contribution < -0.4 is 0 Å². The number of ketones is 1. The summed E-state index contributed by atoms with van der Waals surface area (Å²) >= 11 is 0. The summed E-state index contributed by atoms with van der Waals surface area (Å²) in [6, 6.07) is 5.84. The Labute approximate surface area is 93.1 Å². The van der Waals surface area contributed by atoms with Gasteiger partial charge < -0.3 is 4.42 Å². The van der Waals surface area contributed by atoms with Crippen LogP contribution in [0.3, 0.4) is 0 Å². The van der Waals surface area contributed by atoms with E-state index in [1.54, 1.807) is 6.20 Å². The first kappa shape index (κ1) is 9.33. The number of carbonyl (C=O) groups excluding carboxylic acids is 1. The van der Waals surface area contributed by atoms with Gasteiger partial charge >= 0.3 is 0 Å². The van der Waals surface area contributed by atoms with Gasteiger partial charge in [0.05, 0.1) is 6.20 Å². The van der Waals surface area contributed by atoms with E-state index in [9.17, 15) is 4.79 Å². The van der Waals surface area contributed by atoms with E-state index in [4.69, 9.17) is 4.42 Å². The lowest BCUT2D eigenvalue weighted by molar-refractivity contribution is 0.0946. The second kappa shape index (κ2) is 3.30. The highest BCUT2D eigenvalue weighted by molar-refractivity contribution is 6.06. The lowest BCUT2D eigenvalue weighted by Crippen LogP contribution is -2.04.